The van der Waals surface area contributed by atoms with Crippen molar-refractivity contribution in [1.82, 2.24) is 0 Å². The fourth-order valence-corrected chi connectivity index (χ4v) is 2.01. The molecule has 0 aliphatic heterocycles. The van der Waals surface area contributed by atoms with Gasteiger partial charge in [0.2, 0.25) is 0 Å². The molecule has 0 aliphatic carbocycles. The predicted molar refractivity (Wildman–Crippen MR) is 88.5 cm³/mol. The summed E-state index contributed by atoms with van der Waals surface area (Å²) in [6, 6.07) is 0. The van der Waals surface area contributed by atoms with Crippen molar-refractivity contribution >= 4 is 11.9 Å². The second-order valence-electron chi connectivity index (χ2n) is 7.73. The van der Waals surface area contributed by atoms with Gasteiger partial charge in [0.05, 0.1) is 12.3 Å². The van der Waals surface area contributed by atoms with Crippen LogP contribution >= 0.6 is 0 Å². The van der Waals surface area contributed by atoms with Crippen LogP contribution < -0.4 is 0 Å². The molecule has 0 spiro atoms. The van der Waals surface area contributed by atoms with Crippen molar-refractivity contribution < 1.29 is 19.1 Å². The second-order valence-corrected chi connectivity index (χ2v) is 7.73. The third-order valence-corrected chi connectivity index (χ3v) is 2.71. The van der Waals surface area contributed by atoms with Gasteiger partial charge >= 0.3 is 11.9 Å². The second kappa shape index (κ2) is 8.35. The summed E-state index contributed by atoms with van der Waals surface area (Å²) in [5.74, 6) is -1.28. The molecule has 22 heavy (non-hydrogen) atoms. The highest BCUT2D eigenvalue weighted by atomic mass is 16.6. The van der Waals surface area contributed by atoms with E-state index in [-0.39, 0.29) is 18.4 Å². The molecule has 0 saturated heterocycles. The Hall–Kier alpha value is -1.32. The number of hydrogen-bond donors (Lipinski definition) is 0. The molecular formula is C18H32O4. The van der Waals surface area contributed by atoms with Crippen molar-refractivity contribution in [3.8, 4) is 0 Å². The summed E-state index contributed by atoms with van der Waals surface area (Å²) in [6.45, 7) is 16.9. The molecule has 0 unspecified atom stereocenters. The Morgan fingerprint density at radius 2 is 1.45 bits per heavy atom. The summed E-state index contributed by atoms with van der Waals surface area (Å²) in [5, 5.41) is 0. The Bertz CT molecular complexity index is 396. The first-order valence-corrected chi connectivity index (χ1v) is 7.95. The van der Waals surface area contributed by atoms with E-state index in [0.717, 1.165) is 18.4 Å². The first-order valence-electron chi connectivity index (χ1n) is 7.95. The number of ether oxygens (including phenoxy) is 2. The van der Waals surface area contributed by atoms with Crippen LogP contribution in [0.5, 0.6) is 0 Å². The minimum Gasteiger partial charge on any atom is -0.460 e. The van der Waals surface area contributed by atoms with Gasteiger partial charge in [-0.25, -0.2) is 0 Å². The van der Waals surface area contributed by atoms with Crippen molar-refractivity contribution in [2.75, 3.05) is 0 Å². The molecule has 0 N–H and O–H groups in total. The van der Waals surface area contributed by atoms with Crippen molar-refractivity contribution in [3.05, 3.63) is 12.2 Å². The van der Waals surface area contributed by atoms with E-state index in [1.54, 1.807) is 0 Å². The average Bonchev–Trinajstić information content (AvgIpc) is 2.23. The SMILES string of the molecule is C=C(CCC)C[C@H](CC(=O)OC(C)(C)C)C(=O)OC(C)(C)C. The first-order chi connectivity index (χ1) is 9.84. The molecule has 0 aromatic rings. The highest BCUT2D eigenvalue weighted by Gasteiger charge is 2.29. The Morgan fingerprint density at radius 3 is 1.86 bits per heavy atom. The van der Waals surface area contributed by atoms with Gasteiger partial charge < -0.3 is 9.47 Å². The van der Waals surface area contributed by atoms with Gasteiger partial charge in [-0.3, -0.25) is 9.59 Å². The Kier molecular flexibility index (Phi) is 7.85. The zero-order valence-corrected chi connectivity index (χ0v) is 15.2. The van der Waals surface area contributed by atoms with Crippen molar-refractivity contribution in [2.45, 2.75) is 85.4 Å². The van der Waals surface area contributed by atoms with Gasteiger partial charge in [0, 0.05) is 0 Å². The predicted octanol–water partition coefficient (Wildman–Crippen LogP) is 4.42. The van der Waals surface area contributed by atoms with Gasteiger partial charge in [0.1, 0.15) is 11.2 Å². The third-order valence-electron chi connectivity index (χ3n) is 2.71. The summed E-state index contributed by atoms with van der Waals surface area (Å²) in [5.41, 5.74) is -0.173. The number of carbonyl (C=O) groups is 2. The van der Waals surface area contributed by atoms with Crippen molar-refractivity contribution in [2.24, 2.45) is 5.92 Å². The molecule has 0 aliphatic rings. The van der Waals surface area contributed by atoms with E-state index in [4.69, 9.17) is 9.47 Å². The van der Waals surface area contributed by atoms with Crippen molar-refractivity contribution in [3.63, 3.8) is 0 Å². The van der Waals surface area contributed by atoms with E-state index in [2.05, 4.69) is 13.5 Å². The molecule has 0 aromatic heterocycles. The normalized spacial score (nSPS) is 13.4. The minimum atomic E-state index is -0.574. The molecule has 1 atom stereocenters. The van der Waals surface area contributed by atoms with Crippen LogP contribution in [0.1, 0.15) is 74.1 Å². The maximum atomic E-state index is 12.3. The molecule has 0 bridgehead atoms. The number of allylic oxidation sites excluding steroid dienone is 1. The van der Waals surface area contributed by atoms with E-state index < -0.39 is 17.1 Å². The molecule has 0 rings (SSSR count). The standard InChI is InChI=1S/C18H32O4/c1-9-10-13(2)11-14(16(20)22-18(6,7)8)12-15(19)21-17(3,4)5/h14H,2,9-12H2,1,3-8H3/t14-/m1/s1. The van der Waals surface area contributed by atoms with E-state index in [9.17, 15) is 9.59 Å². The molecule has 0 amide bonds. The number of hydrogen-bond acceptors (Lipinski definition) is 4. The molecule has 0 fully saturated rings. The van der Waals surface area contributed by atoms with Crippen LogP contribution in [0.25, 0.3) is 0 Å². The molecular weight excluding hydrogens is 280 g/mol. The quantitative estimate of drug-likeness (QED) is 0.516. The van der Waals surface area contributed by atoms with Gasteiger partial charge in [-0.1, -0.05) is 25.5 Å². The lowest BCUT2D eigenvalue weighted by atomic mass is 9.94. The third kappa shape index (κ3) is 10.4. The lowest BCUT2D eigenvalue weighted by Gasteiger charge is -2.25. The summed E-state index contributed by atoms with van der Waals surface area (Å²) < 4.78 is 10.7. The topological polar surface area (TPSA) is 52.6 Å². The van der Waals surface area contributed by atoms with Crippen LogP contribution in [0.15, 0.2) is 12.2 Å². The van der Waals surface area contributed by atoms with Crippen LogP contribution in [0.4, 0.5) is 0 Å². The maximum absolute atomic E-state index is 12.3. The molecule has 0 saturated carbocycles. The lowest BCUT2D eigenvalue weighted by molar-refractivity contribution is -0.167. The molecule has 4 nitrogen and oxygen atoms in total. The van der Waals surface area contributed by atoms with Crippen LogP contribution in [-0.4, -0.2) is 23.1 Å². The monoisotopic (exact) mass is 312 g/mol. The zero-order valence-electron chi connectivity index (χ0n) is 15.2. The number of esters is 2. The lowest BCUT2D eigenvalue weighted by Crippen LogP contribution is -2.32. The molecule has 0 aromatic carbocycles. The average molecular weight is 312 g/mol. The highest BCUT2D eigenvalue weighted by Crippen LogP contribution is 2.23. The zero-order chi connectivity index (χ0) is 17.6. The van der Waals surface area contributed by atoms with E-state index in [0.29, 0.717) is 6.42 Å². The number of rotatable bonds is 7. The fraction of sp³-hybridized carbons (Fsp3) is 0.778. The van der Waals surface area contributed by atoms with E-state index in [1.165, 1.54) is 0 Å². The van der Waals surface area contributed by atoms with Crippen LogP contribution in [0.3, 0.4) is 0 Å². The largest absolute Gasteiger partial charge is 0.460 e. The van der Waals surface area contributed by atoms with Crippen LogP contribution in [-0.2, 0) is 19.1 Å². The van der Waals surface area contributed by atoms with E-state index >= 15 is 0 Å². The van der Waals surface area contributed by atoms with E-state index in [1.807, 2.05) is 41.5 Å². The van der Waals surface area contributed by atoms with Crippen molar-refractivity contribution in [1.29, 1.82) is 0 Å². The maximum Gasteiger partial charge on any atom is 0.310 e. The Balaban J connectivity index is 4.89. The van der Waals surface area contributed by atoms with Crippen LogP contribution in [0, 0.1) is 5.92 Å². The molecule has 0 heterocycles. The smallest absolute Gasteiger partial charge is 0.310 e. The molecule has 128 valence electrons. The van der Waals surface area contributed by atoms with Gasteiger partial charge in [0.25, 0.3) is 0 Å². The molecule has 0 radical (unpaired) electrons. The highest BCUT2D eigenvalue weighted by molar-refractivity contribution is 5.80. The van der Waals surface area contributed by atoms with Gasteiger partial charge in [0.15, 0.2) is 0 Å². The molecule has 4 heteroatoms. The fourth-order valence-electron chi connectivity index (χ4n) is 2.01. The van der Waals surface area contributed by atoms with Gasteiger partial charge in [-0.2, -0.15) is 0 Å². The first kappa shape index (κ1) is 20.7. The summed E-state index contributed by atoms with van der Waals surface area (Å²) in [7, 11) is 0. The Labute approximate surface area is 135 Å². The number of carbonyl (C=O) groups excluding carboxylic acids is 2. The van der Waals surface area contributed by atoms with Crippen LogP contribution in [0.2, 0.25) is 0 Å². The van der Waals surface area contributed by atoms with Gasteiger partial charge in [-0.15, -0.1) is 0 Å². The summed E-state index contributed by atoms with van der Waals surface area (Å²) in [4.78, 5) is 24.3. The Morgan fingerprint density at radius 1 is 0.955 bits per heavy atom. The van der Waals surface area contributed by atoms with Gasteiger partial charge in [-0.05, 0) is 54.4 Å². The summed E-state index contributed by atoms with van der Waals surface area (Å²) >= 11 is 0. The summed E-state index contributed by atoms with van der Waals surface area (Å²) in [6.07, 6.45) is 2.29. The minimum absolute atomic E-state index is 0.0227.